The maximum Gasteiger partial charge on any atom is 0.411 e. The van der Waals surface area contributed by atoms with E-state index >= 15 is 0 Å². The van der Waals surface area contributed by atoms with Gasteiger partial charge in [-0.2, -0.15) is 11.3 Å². The fourth-order valence-corrected chi connectivity index (χ4v) is 2.11. The van der Waals surface area contributed by atoms with E-state index < -0.39 is 6.09 Å². The molecule has 1 aromatic heterocycles. The first-order valence-electron chi connectivity index (χ1n) is 5.48. The van der Waals surface area contributed by atoms with Crippen LogP contribution in [-0.2, 0) is 11.3 Å². The topological polar surface area (TPSA) is 50.4 Å². The maximum atomic E-state index is 11.0. The smallest absolute Gasteiger partial charge is 0.411 e. The SMILES string of the molecule is COC(=O)Nc1ccc(NCc2ccsc2)cc1. The van der Waals surface area contributed by atoms with Gasteiger partial charge in [-0.05, 0) is 46.7 Å². The molecule has 1 aromatic carbocycles. The average molecular weight is 262 g/mol. The molecule has 1 amide bonds. The van der Waals surface area contributed by atoms with Crippen molar-refractivity contribution in [2.45, 2.75) is 6.54 Å². The summed E-state index contributed by atoms with van der Waals surface area (Å²) in [5.41, 5.74) is 2.98. The summed E-state index contributed by atoms with van der Waals surface area (Å²) in [6.07, 6.45) is -0.464. The van der Waals surface area contributed by atoms with Crippen LogP contribution < -0.4 is 10.6 Å². The molecule has 0 aliphatic rings. The van der Waals surface area contributed by atoms with Crippen LogP contribution in [0.5, 0.6) is 0 Å². The summed E-state index contributed by atoms with van der Waals surface area (Å²) in [6, 6.07) is 9.57. The number of methoxy groups -OCH3 is 1. The van der Waals surface area contributed by atoms with Crippen LogP contribution in [0, 0.1) is 0 Å². The highest BCUT2D eigenvalue weighted by atomic mass is 32.1. The van der Waals surface area contributed by atoms with Crippen LogP contribution in [0.2, 0.25) is 0 Å². The molecule has 0 saturated carbocycles. The van der Waals surface area contributed by atoms with Gasteiger partial charge in [-0.15, -0.1) is 0 Å². The summed E-state index contributed by atoms with van der Waals surface area (Å²) >= 11 is 1.69. The number of carbonyl (C=O) groups excluding carboxylic acids is 1. The van der Waals surface area contributed by atoms with Crippen molar-refractivity contribution in [1.82, 2.24) is 0 Å². The minimum Gasteiger partial charge on any atom is -0.453 e. The minimum atomic E-state index is -0.464. The molecule has 0 spiro atoms. The molecule has 0 saturated heterocycles. The molecule has 0 radical (unpaired) electrons. The normalized spacial score (nSPS) is 9.83. The lowest BCUT2D eigenvalue weighted by atomic mass is 10.2. The highest BCUT2D eigenvalue weighted by molar-refractivity contribution is 7.07. The first kappa shape index (κ1) is 12.4. The van der Waals surface area contributed by atoms with Crippen LogP contribution >= 0.6 is 11.3 Å². The molecule has 18 heavy (non-hydrogen) atoms. The van der Waals surface area contributed by atoms with Gasteiger partial charge < -0.3 is 10.1 Å². The molecule has 4 nitrogen and oxygen atoms in total. The van der Waals surface area contributed by atoms with E-state index in [0.29, 0.717) is 5.69 Å². The highest BCUT2D eigenvalue weighted by Crippen LogP contribution is 2.15. The monoisotopic (exact) mass is 262 g/mol. The van der Waals surface area contributed by atoms with Gasteiger partial charge in [-0.3, -0.25) is 5.32 Å². The van der Waals surface area contributed by atoms with Crippen molar-refractivity contribution < 1.29 is 9.53 Å². The number of hydrogen-bond acceptors (Lipinski definition) is 4. The second-order valence-electron chi connectivity index (χ2n) is 3.68. The minimum absolute atomic E-state index is 0.464. The van der Waals surface area contributed by atoms with Gasteiger partial charge in [0.05, 0.1) is 7.11 Å². The third-order valence-corrected chi connectivity index (χ3v) is 3.13. The molecule has 2 rings (SSSR count). The fraction of sp³-hybridized carbons (Fsp3) is 0.154. The van der Waals surface area contributed by atoms with E-state index in [2.05, 4.69) is 32.2 Å². The van der Waals surface area contributed by atoms with Crippen molar-refractivity contribution in [2.75, 3.05) is 17.7 Å². The zero-order valence-corrected chi connectivity index (χ0v) is 10.8. The zero-order valence-electron chi connectivity index (χ0n) is 9.97. The zero-order chi connectivity index (χ0) is 12.8. The number of ether oxygens (including phenoxy) is 1. The van der Waals surface area contributed by atoms with Crippen LogP contribution in [-0.4, -0.2) is 13.2 Å². The number of amides is 1. The Hall–Kier alpha value is -2.01. The number of rotatable bonds is 4. The van der Waals surface area contributed by atoms with E-state index in [4.69, 9.17) is 0 Å². The molecule has 0 atom stereocenters. The first-order valence-corrected chi connectivity index (χ1v) is 6.42. The number of nitrogens with one attached hydrogen (secondary N) is 2. The molecular formula is C13H14N2O2S. The number of benzene rings is 1. The lowest BCUT2D eigenvalue weighted by Crippen LogP contribution is -2.10. The summed E-state index contributed by atoms with van der Waals surface area (Å²) in [5.74, 6) is 0. The molecule has 5 heteroatoms. The van der Waals surface area contributed by atoms with Crippen LogP contribution in [0.4, 0.5) is 16.2 Å². The quantitative estimate of drug-likeness (QED) is 0.886. The molecule has 0 bridgehead atoms. The van der Waals surface area contributed by atoms with Crippen molar-refractivity contribution in [1.29, 1.82) is 0 Å². The van der Waals surface area contributed by atoms with Gasteiger partial charge in [-0.25, -0.2) is 4.79 Å². The van der Waals surface area contributed by atoms with Gasteiger partial charge in [0.15, 0.2) is 0 Å². The summed E-state index contributed by atoms with van der Waals surface area (Å²) in [5, 5.41) is 10.1. The number of thiophene rings is 1. The lowest BCUT2D eigenvalue weighted by Gasteiger charge is -2.07. The van der Waals surface area contributed by atoms with Crippen LogP contribution in [0.1, 0.15) is 5.56 Å². The van der Waals surface area contributed by atoms with E-state index in [1.165, 1.54) is 12.7 Å². The summed E-state index contributed by atoms with van der Waals surface area (Å²) in [4.78, 5) is 11.0. The largest absolute Gasteiger partial charge is 0.453 e. The molecule has 0 unspecified atom stereocenters. The predicted molar refractivity (Wildman–Crippen MR) is 74.1 cm³/mol. The summed E-state index contributed by atoms with van der Waals surface area (Å²) in [7, 11) is 1.34. The van der Waals surface area contributed by atoms with Crippen LogP contribution in [0.3, 0.4) is 0 Å². The van der Waals surface area contributed by atoms with Crippen molar-refractivity contribution in [3.8, 4) is 0 Å². The Balaban J connectivity index is 1.89. The summed E-state index contributed by atoms with van der Waals surface area (Å²) < 4.78 is 4.52. The van der Waals surface area contributed by atoms with Gasteiger partial charge in [0.25, 0.3) is 0 Å². The third kappa shape index (κ3) is 3.49. The molecule has 2 N–H and O–H groups in total. The van der Waals surface area contributed by atoms with Crippen LogP contribution in [0.25, 0.3) is 0 Å². The second kappa shape index (κ2) is 6.07. The van der Waals surface area contributed by atoms with E-state index in [1.54, 1.807) is 11.3 Å². The molecule has 0 fully saturated rings. The van der Waals surface area contributed by atoms with Gasteiger partial charge in [0.1, 0.15) is 0 Å². The van der Waals surface area contributed by atoms with E-state index in [-0.39, 0.29) is 0 Å². The van der Waals surface area contributed by atoms with Crippen molar-refractivity contribution in [2.24, 2.45) is 0 Å². The Morgan fingerprint density at radius 3 is 2.56 bits per heavy atom. The average Bonchev–Trinajstić information content (AvgIpc) is 2.91. The van der Waals surface area contributed by atoms with Crippen molar-refractivity contribution in [3.05, 3.63) is 46.7 Å². The Kier molecular flexibility index (Phi) is 4.20. The van der Waals surface area contributed by atoms with Crippen LogP contribution in [0.15, 0.2) is 41.1 Å². The fourth-order valence-electron chi connectivity index (χ4n) is 1.44. The molecule has 2 aromatic rings. The highest BCUT2D eigenvalue weighted by Gasteiger charge is 2.00. The molecule has 94 valence electrons. The van der Waals surface area contributed by atoms with E-state index in [0.717, 1.165) is 12.2 Å². The second-order valence-corrected chi connectivity index (χ2v) is 4.46. The standard InChI is InChI=1S/C13H14N2O2S/c1-17-13(16)15-12-4-2-11(3-5-12)14-8-10-6-7-18-9-10/h2-7,9,14H,8H2,1H3,(H,15,16). The van der Waals surface area contributed by atoms with Crippen molar-refractivity contribution in [3.63, 3.8) is 0 Å². The molecule has 0 aliphatic heterocycles. The molecule has 1 heterocycles. The number of hydrogen-bond donors (Lipinski definition) is 2. The Morgan fingerprint density at radius 1 is 1.22 bits per heavy atom. The van der Waals surface area contributed by atoms with Crippen molar-refractivity contribution >= 4 is 28.8 Å². The Bertz CT molecular complexity index is 494. The van der Waals surface area contributed by atoms with Gasteiger partial charge in [-0.1, -0.05) is 0 Å². The van der Waals surface area contributed by atoms with E-state index in [9.17, 15) is 4.79 Å². The number of anilines is 2. The van der Waals surface area contributed by atoms with Gasteiger partial charge in [0.2, 0.25) is 0 Å². The van der Waals surface area contributed by atoms with Gasteiger partial charge in [0, 0.05) is 17.9 Å². The summed E-state index contributed by atoms with van der Waals surface area (Å²) in [6.45, 7) is 0.799. The maximum absolute atomic E-state index is 11.0. The number of carbonyl (C=O) groups is 1. The van der Waals surface area contributed by atoms with Gasteiger partial charge >= 0.3 is 6.09 Å². The third-order valence-electron chi connectivity index (χ3n) is 2.39. The van der Waals surface area contributed by atoms with E-state index in [1.807, 2.05) is 24.3 Å². The predicted octanol–water partition coefficient (Wildman–Crippen LogP) is 3.54. The lowest BCUT2D eigenvalue weighted by molar-refractivity contribution is 0.187. The molecule has 0 aliphatic carbocycles. The first-order chi connectivity index (χ1) is 8.78. The Labute approximate surface area is 110 Å². The Morgan fingerprint density at radius 2 is 1.94 bits per heavy atom. The molecular weight excluding hydrogens is 248 g/mol.